The van der Waals surface area contributed by atoms with Crippen molar-refractivity contribution in [3.8, 4) is 0 Å². The van der Waals surface area contributed by atoms with E-state index in [0.717, 1.165) is 24.1 Å². The van der Waals surface area contributed by atoms with E-state index in [1.807, 2.05) is 49.3 Å². The van der Waals surface area contributed by atoms with Crippen LogP contribution in [0, 0.1) is 0 Å². The van der Waals surface area contributed by atoms with Crippen LogP contribution in [0.5, 0.6) is 0 Å². The van der Waals surface area contributed by atoms with E-state index in [2.05, 4.69) is 29.6 Å². The normalized spacial score (nSPS) is 15.6. The number of benzene rings is 2. The van der Waals surface area contributed by atoms with E-state index in [9.17, 15) is 4.79 Å². The topological polar surface area (TPSA) is 32.3 Å². The van der Waals surface area contributed by atoms with Crippen molar-refractivity contribution in [3.63, 3.8) is 0 Å². The third-order valence-electron chi connectivity index (χ3n) is 4.91. The van der Waals surface area contributed by atoms with Crippen molar-refractivity contribution in [2.45, 2.75) is 24.7 Å². The Morgan fingerprint density at radius 3 is 2.43 bits per heavy atom. The SMILES string of the molecule is CN(C)c1cccc(C(=O)NCC2(c3ccccc3)CCC2)c1. The summed E-state index contributed by atoms with van der Waals surface area (Å²) in [6.45, 7) is 0.710. The van der Waals surface area contributed by atoms with Crippen molar-refractivity contribution in [2.75, 3.05) is 25.5 Å². The molecule has 0 aromatic heterocycles. The van der Waals surface area contributed by atoms with Crippen molar-refractivity contribution in [3.05, 3.63) is 65.7 Å². The highest BCUT2D eigenvalue weighted by atomic mass is 16.1. The molecule has 0 aliphatic heterocycles. The molecule has 3 rings (SSSR count). The zero-order chi connectivity index (χ0) is 16.3. The number of hydrogen-bond donors (Lipinski definition) is 1. The number of amides is 1. The third kappa shape index (κ3) is 3.24. The first-order valence-electron chi connectivity index (χ1n) is 8.22. The Balaban J connectivity index is 1.70. The number of nitrogens with zero attached hydrogens (tertiary/aromatic N) is 1. The van der Waals surface area contributed by atoms with E-state index in [-0.39, 0.29) is 11.3 Å². The van der Waals surface area contributed by atoms with Crippen LogP contribution in [0.1, 0.15) is 35.2 Å². The molecule has 120 valence electrons. The van der Waals surface area contributed by atoms with Gasteiger partial charge in [0, 0.05) is 37.3 Å². The van der Waals surface area contributed by atoms with Crippen molar-refractivity contribution < 1.29 is 4.79 Å². The van der Waals surface area contributed by atoms with Crippen molar-refractivity contribution in [1.29, 1.82) is 0 Å². The lowest BCUT2D eigenvalue weighted by atomic mass is 9.64. The molecule has 3 nitrogen and oxygen atoms in total. The quantitative estimate of drug-likeness (QED) is 0.915. The Bertz CT molecular complexity index is 675. The number of hydrogen-bond acceptors (Lipinski definition) is 2. The molecule has 0 unspecified atom stereocenters. The Labute approximate surface area is 138 Å². The smallest absolute Gasteiger partial charge is 0.251 e. The fourth-order valence-electron chi connectivity index (χ4n) is 3.24. The molecule has 0 spiro atoms. The molecule has 3 heteroatoms. The Kier molecular flexibility index (Phi) is 4.37. The first-order valence-corrected chi connectivity index (χ1v) is 8.22. The van der Waals surface area contributed by atoms with Gasteiger partial charge in [0.25, 0.3) is 5.91 Å². The summed E-state index contributed by atoms with van der Waals surface area (Å²) in [6, 6.07) is 18.3. The lowest BCUT2D eigenvalue weighted by molar-refractivity contribution is 0.0928. The lowest BCUT2D eigenvalue weighted by Crippen LogP contribution is -2.45. The Morgan fingerprint density at radius 2 is 1.83 bits per heavy atom. The van der Waals surface area contributed by atoms with Gasteiger partial charge in [-0.1, -0.05) is 42.8 Å². The van der Waals surface area contributed by atoms with Crippen LogP contribution >= 0.6 is 0 Å². The van der Waals surface area contributed by atoms with Crippen LogP contribution in [0.4, 0.5) is 5.69 Å². The number of carbonyl (C=O) groups is 1. The molecule has 2 aromatic rings. The summed E-state index contributed by atoms with van der Waals surface area (Å²) in [6.07, 6.45) is 3.53. The Hall–Kier alpha value is -2.29. The Morgan fingerprint density at radius 1 is 1.09 bits per heavy atom. The number of nitrogens with one attached hydrogen (secondary N) is 1. The summed E-state index contributed by atoms with van der Waals surface area (Å²) in [7, 11) is 3.96. The summed E-state index contributed by atoms with van der Waals surface area (Å²) in [5.74, 6) is 0.0101. The molecule has 0 radical (unpaired) electrons. The van der Waals surface area contributed by atoms with Gasteiger partial charge in [0.15, 0.2) is 0 Å². The van der Waals surface area contributed by atoms with Crippen molar-refractivity contribution >= 4 is 11.6 Å². The van der Waals surface area contributed by atoms with Crippen LogP contribution in [0.2, 0.25) is 0 Å². The highest BCUT2D eigenvalue weighted by Crippen LogP contribution is 2.43. The van der Waals surface area contributed by atoms with Gasteiger partial charge in [0.2, 0.25) is 0 Å². The van der Waals surface area contributed by atoms with E-state index in [4.69, 9.17) is 0 Å². The van der Waals surface area contributed by atoms with Gasteiger partial charge in [-0.2, -0.15) is 0 Å². The van der Waals surface area contributed by atoms with Crippen LogP contribution in [0.3, 0.4) is 0 Å². The first kappa shape index (κ1) is 15.6. The van der Waals surface area contributed by atoms with Gasteiger partial charge >= 0.3 is 0 Å². The predicted molar refractivity (Wildman–Crippen MR) is 95.1 cm³/mol. The standard InChI is InChI=1S/C20H24N2O/c1-22(2)18-11-6-8-16(14-18)19(23)21-15-20(12-7-13-20)17-9-4-3-5-10-17/h3-6,8-11,14H,7,12-13,15H2,1-2H3,(H,21,23). The summed E-state index contributed by atoms with van der Waals surface area (Å²) < 4.78 is 0. The van der Waals surface area contributed by atoms with E-state index < -0.39 is 0 Å². The molecule has 1 aliphatic carbocycles. The van der Waals surface area contributed by atoms with Crippen LogP contribution < -0.4 is 10.2 Å². The van der Waals surface area contributed by atoms with Crippen molar-refractivity contribution in [1.82, 2.24) is 5.32 Å². The number of carbonyl (C=O) groups excluding carboxylic acids is 1. The van der Waals surface area contributed by atoms with E-state index >= 15 is 0 Å². The van der Waals surface area contributed by atoms with Crippen LogP contribution in [0.15, 0.2) is 54.6 Å². The minimum atomic E-state index is 0.0101. The van der Waals surface area contributed by atoms with Gasteiger partial charge in [-0.05, 0) is 36.6 Å². The van der Waals surface area contributed by atoms with E-state index in [1.54, 1.807) is 0 Å². The molecule has 0 heterocycles. The van der Waals surface area contributed by atoms with Gasteiger partial charge in [-0.3, -0.25) is 4.79 Å². The zero-order valence-corrected chi connectivity index (χ0v) is 13.9. The monoisotopic (exact) mass is 308 g/mol. The molecule has 0 bridgehead atoms. The molecule has 1 N–H and O–H groups in total. The summed E-state index contributed by atoms with van der Waals surface area (Å²) in [5.41, 5.74) is 3.22. The molecule has 1 amide bonds. The molecule has 0 saturated heterocycles. The maximum Gasteiger partial charge on any atom is 0.251 e. The molecule has 23 heavy (non-hydrogen) atoms. The van der Waals surface area contributed by atoms with E-state index in [1.165, 1.54) is 12.0 Å². The van der Waals surface area contributed by atoms with Gasteiger partial charge in [-0.15, -0.1) is 0 Å². The molecule has 1 fully saturated rings. The summed E-state index contributed by atoms with van der Waals surface area (Å²) in [4.78, 5) is 14.5. The largest absolute Gasteiger partial charge is 0.378 e. The second kappa shape index (κ2) is 6.45. The summed E-state index contributed by atoms with van der Waals surface area (Å²) in [5, 5.41) is 3.15. The average molecular weight is 308 g/mol. The zero-order valence-electron chi connectivity index (χ0n) is 13.9. The minimum absolute atomic E-state index is 0.0101. The average Bonchev–Trinajstić information content (AvgIpc) is 2.55. The van der Waals surface area contributed by atoms with Gasteiger partial charge in [0.05, 0.1) is 0 Å². The second-order valence-electron chi connectivity index (χ2n) is 6.63. The highest BCUT2D eigenvalue weighted by molar-refractivity contribution is 5.95. The predicted octanol–water partition coefficient (Wildman–Crippen LogP) is 3.60. The maximum atomic E-state index is 12.5. The minimum Gasteiger partial charge on any atom is -0.378 e. The lowest BCUT2D eigenvalue weighted by Gasteiger charge is -2.42. The van der Waals surface area contributed by atoms with Crippen LogP contribution in [-0.4, -0.2) is 26.5 Å². The molecular weight excluding hydrogens is 284 g/mol. The molecule has 0 atom stereocenters. The van der Waals surface area contributed by atoms with Crippen LogP contribution in [0.25, 0.3) is 0 Å². The van der Waals surface area contributed by atoms with Crippen molar-refractivity contribution in [2.24, 2.45) is 0 Å². The molecular formula is C20H24N2O. The first-order chi connectivity index (χ1) is 11.1. The summed E-state index contributed by atoms with van der Waals surface area (Å²) >= 11 is 0. The number of anilines is 1. The molecule has 1 saturated carbocycles. The van der Waals surface area contributed by atoms with Gasteiger partial charge in [0.1, 0.15) is 0 Å². The fraction of sp³-hybridized carbons (Fsp3) is 0.350. The second-order valence-corrected chi connectivity index (χ2v) is 6.63. The molecule has 2 aromatic carbocycles. The fourth-order valence-corrected chi connectivity index (χ4v) is 3.24. The number of rotatable bonds is 5. The maximum absolute atomic E-state index is 12.5. The highest BCUT2D eigenvalue weighted by Gasteiger charge is 2.38. The van der Waals surface area contributed by atoms with E-state index in [0.29, 0.717) is 6.54 Å². The third-order valence-corrected chi connectivity index (χ3v) is 4.91. The molecule has 1 aliphatic rings. The van der Waals surface area contributed by atoms with Crippen LogP contribution in [-0.2, 0) is 5.41 Å². The van der Waals surface area contributed by atoms with Gasteiger partial charge in [-0.25, -0.2) is 0 Å². The van der Waals surface area contributed by atoms with Gasteiger partial charge < -0.3 is 10.2 Å².